The zero-order chi connectivity index (χ0) is 18.8. The van der Waals surface area contributed by atoms with Crippen molar-refractivity contribution < 1.29 is 4.74 Å². The number of rotatable bonds is 3. The molecule has 0 amide bonds. The second-order valence-corrected chi connectivity index (χ2v) is 9.53. The molecule has 0 bridgehead atoms. The van der Waals surface area contributed by atoms with E-state index < -0.39 is 7.59 Å². The molecule has 0 spiro atoms. The van der Waals surface area contributed by atoms with E-state index in [0.29, 0.717) is 10.8 Å². The number of hydrogen-bond donors (Lipinski definition) is 0. The van der Waals surface area contributed by atoms with E-state index in [2.05, 4.69) is 15.0 Å². The first-order chi connectivity index (χ1) is 11.5. The van der Waals surface area contributed by atoms with E-state index in [4.69, 9.17) is 85.9 Å². The van der Waals surface area contributed by atoms with Gasteiger partial charge in [0.1, 0.15) is 5.75 Å². The molecule has 1 aromatic carbocycles. The summed E-state index contributed by atoms with van der Waals surface area (Å²) < 4.78 is 1.29. The van der Waals surface area contributed by atoms with Crippen molar-refractivity contribution in [1.82, 2.24) is 15.0 Å². The van der Waals surface area contributed by atoms with E-state index in [9.17, 15) is 0 Å². The summed E-state index contributed by atoms with van der Waals surface area (Å²) in [6.07, 6.45) is 3.23. The molecule has 25 heavy (non-hydrogen) atoms. The van der Waals surface area contributed by atoms with E-state index in [-0.39, 0.29) is 17.5 Å². The minimum atomic E-state index is -1.90. The molecule has 0 aliphatic rings. The van der Waals surface area contributed by atoms with Gasteiger partial charge < -0.3 is 4.74 Å². The predicted molar refractivity (Wildman–Crippen MR) is 105 cm³/mol. The maximum absolute atomic E-state index is 6.08. The molecule has 2 aromatic rings. The first-order valence-corrected chi connectivity index (χ1v) is 9.07. The molecule has 0 atom stereocenters. The van der Waals surface area contributed by atoms with E-state index in [1.54, 1.807) is 30.4 Å². The summed E-state index contributed by atoms with van der Waals surface area (Å²) in [6, 6.07) is 5.20. The third-order valence-electron chi connectivity index (χ3n) is 2.76. The van der Waals surface area contributed by atoms with Crippen LogP contribution < -0.4 is 4.74 Å². The highest BCUT2D eigenvalue weighted by molar-refractivity contribution is 6.67. The van der Waals surface area contributed by atoms with Gasteiger partial charge in [-0.2, -0.15) is 0 Å². The molecular formula is C14H8Cl7N3O. The van der Waals surface area contributed by atoms with Crippen molar-refractivity contribution in [2.24, 2.45) is 0 Å². The lowest BCUT2D eigenvalue weighted by Gasteiger charge is -2.14. The van der Waals surface area contributed by atoms with Gasteiger partial charge in [-0.3, -0.25) is 0 Å². The Kier molecular flexibility index (Phi) is 6.94. The van der Waals surface area contributed by atoms with Gasteiger partial charge >= 0.3 is 0 Å². The van der Waals surface area contributed by atoms with Crippen molar-refractivity contribution in [3.63, 3.8) is 0 Å². The van der Waals surface area contributed by atoms with Crippen molar-refractivity contribution in [2.75, 3.05) is 7.11 Å². The Hall–Kier alpha value is -0.200. The number of nitrogens with zero attached hydrogens (tertiary/aromatic N) is 3. The SMILES string of the molecule is COc1ccc(/C=C/c2nc(C(Cl)(Cl)Cl)nc(C(Cl)(Cl)Cl)n2)cc1Cl. The Morgan fingerprint density at radius 3 is 1.88 bits per heavy atom. The monoisotopic (exact) mass is 479 g/mol. The summed E-state index contributed by atoms with van der Waals surface area (Å²) in [7, 11) is 1.53. The van der Waals surface area contributed by atoms with Crippen LogP contribution in [0.4, 0.5) is 0 Å². The predicted octanol–water partition coefficient (Wildman–Crippen LogP) is 6.36. The second-order valence-electron chi connectivity index (χ2n) is 4.56. The maximum Gasteiger partial charge on any atom is 0.250 e. The number of aromatic nitrogens is 3. The van der Waals surface area contributed by atoms with Gasteiger partial charge in [0, 0.05) is 0 Å². The fourth-order valence-electron chi connectivity index (χ4n) is 1.68. The largest absolute Gasteiger partial charge is 0.495 e. The summed E-state index contributed by atoms with van der Waals surface area (Å²) in [5, 5.41) is 0.448. The Morgan fingerprint density at radius 2 is 1.44 bits per heavy atom. The molecule has 134 valence electrons. The molecule has 1 heterocycles. The fraction of sp³-hybridized carbons (Fsp3) is 0.214. The first kappa shape index (κ1) is 21.1. The zero-order valence-corrected chi connectivity index (χ0v) is 17.6. The van der Waals surface area contributed by atoms with Gasteiger partial charge in [0.25, 0.3) is 0 Å². The number of hydrogen-bond acceptors (Lipinski definition) is 4. The van der Waals surface area contributed by atoms with Gasteiger partial charge in [-0.25, -0.2) is 15.0 Å². The van der Waals surface area contributed by atoms with Crippen LogP contribution in [-0.2, 0) is 7.59 Å². The summed E-state index contributed by atoms with van der Waals surface area (Å²) in [5.41, 5.74) is 0.761. The van der Waals surface area contributed by atoms with Gasteiger partial charge in [-0.1, -0.05) is 93.3 Å². The number of methoxy groups -OCH3 is 1. The van der Waals surface area contributed by atoms with Crippen molar-refractivity contribution >= 4 is 93.4 Å². The van der Waals surface area contributed by atoms with E-state index in [0.717, 1.165) is 5.56 Å². The third-order valence-corrected chi connectivity index (χ3v) is 4.07. The van der Waals surface area contributed by atoms with Crippen LogP contribution in [0.3, 0.4) is 0 Å². The Labute approximate surface area is 179 Å². The second kappa shape index (κ2) is 8.22. The van der Waals surface area contributed by atoms with Crippen molar-refractivity contribution in [2.45, 2.75) is 7.59 Å². The van der Waals surface area contributed by atoms with Crippen LogP contribution in [0.25, 0.3) is 12.2 Å². The lowest BCUT2D eigenvalue weighted by Crippen LogP contribution is -2.16. The summed E-state index contributed by atoms with van der Waals surface area (Å²) >= 11 is 41.0. The fourth-order valence-corrected chi connectivity index (χ4v) is 2.45. The molecule has 0 aliphatic heterocycles. The normalized spacial score (nSPS) is 12.6. The van der Waals surface area contributed by atoms with Crippen molar-refractivity contribution in [3.05, 3.63) is 46.3 Å². The number of halogens is 7. The van der Waals surface area contributed by atoms with Crippen LogP contribution in [0.1, 0.15) is 23.0 Å². The number of benzene rings is 1. The highest BCUT2D eigenvalue weighted by atomic mass is 35.6. The lowest BCUT2D eigenvalue weighted by molar-refractivity contribution is 0.415. The molecule has 0 saturated heterocycles. The first-order valence-electron chi connectivity index (χ1n) is 6.43. The Morgan fingerprint density at radius 1 is 0.880 bits per heavy atom. The zero-order valence-electron chi connectivity index (χ0n) is 12.3. The highest BCUT2D eigenvalue weighted by Gasteiger charge is 2.33. The highest BCUT2D eigenvalue weighted by Crippen LogP contribution is 2.40. The van der Waals surface area contributed by atoms with Crippen LogP contribution >= 0.6 is 81.2 Å². The summed E-state index contributed by atoms with van der Waals surface area (Å²) in [5.74, 6) is 0.364. The molecule has 11 heteroatoms. The van der Waals surface area contributed by atoms with Crippen molar-refractivity contribution in [3.8, 4) is 5.75 Å². The minimum absolute atomic E-state index is 0.143. The molecule has 4 nitrogen and oxygen atoms in total. The van der Waals surface area contributed by atoms with Gasteiger partial charge in [0.2, 0.25) is 7.59 Å². The number of ether oxygens (including phenoxy) is 1. The van der Waals surface area contributed by atoms with Gasteiger partial charge in [-0.05, 0) is 23.8 Å². The van der Waals surface area contributed by atoms with Gasteiger partial charge in [0.05, 0.1) is 12.1 Å². The average molecular weight is 482 g/mol. The Bertz CT molecular complexity index is 768. The van der Waals surface area contributed by atoms with Crippen LogP contribution in [0.2, 0.25) is 5.02 Å². The molecule has 2 rings (SSSR count). The molecule has 0 N–H and O–H groups in total. The maximum atomic E-state index is 6.08. The molecule has 0 aliphatic carbocycles. The van der Waals surface area contributed by atoms with Crippen LogP contribution in [0.15, 0.2) is 18.2 Å². The average Bonchev–Trinajstić information content (AvgIpc) is 2.51. The smallest absolute Gasteiger partial charge is 0.250 e. The Balaban J connectivity index is 2.43. The summed E-state index contributed by atoms with van der Waals surface area (Å²) in [4.78, 5) is 12.0. The van der Waals surface area contributed by atoms with E-state index >= 15 is 0 Å². The van der Waals surface area contributed by atoms with E-state index in [1.165, 1.54) is 7.11 Å². The third kappa shape index (κ3) is 5.90. The molecule has 0 fully saturated rings. The van der Waals surface area contributed by atoms with Gasteiger partial charge in [0.15, 0.2) is 17.5 Å². The van der Waals surface area contributed by atoms with Crippen LogP contribution in [0, 0.1) is 0 Å². The lowest BCUT2D eigenvalue weighted by atomic mass is 10.2. The topological polar surface area (TPSA) is 47.9 Å². The quantitative estimate of drug-likeness (QED) is 0.478. The van der Waals surface area contributed by atoms with E-state index in [1.807, 2.05) is 0 Å². The minimum Gasteiger partial charge on any atom is -0.495 e. The summed E-state index contributed by atoms with van der Waals surface area (Å²) in [6.45, 7) is 0. The van der Waals surface area contributed by atoms with Crippen LogP contribution in [-0.4, -0.2) is 22.1 Å². The molecule has 0 unspecified atom stereocenters. The molecule has 1 aromatic heterocycles. The number of alkyl halides is 6. The molecular weight excluding hydrogens is 474 g/mol. The van der Waals surface area contributed by atoms with Gasteiger partial charge in [-0.15, -0.1) is 0 Å². The van der Waals surface area contributed by atoms with Crippen LogP contribution in [0.5, 0.6) is 5.75 Å². The molecule has 0 radical (unpaired) electrons. The van der Waals surface area contributed by atoms with Crippen molar-refractivity contribution in [1.29, 1.82) is 0 Å². The molecule has 0 saturated carbocycles. The standard InChI is InChI=1S/C14H8Cl7N3O/c1-25-9-4-2-7(6-8(9)15)3-5-10-22-11(13(16,17)18)24-12(23-10)14(19,20)21/h2-6H,1H3/b5-3+.